The number of amides is 1. The number of fused-ring (bicyclic) bond motifs is 1. The second-order valence-electron chi connectivity index (χ2n) is 9.10. The van der Waals surface area contributed by atoms with E-state index in [2.05, 4.69) is 37.3 Å². The number of piperazine rings is 1. The molecule has 1 amide bonds. The van der Waals surface area contributed by atoms with E-state index in [1.54, 1.807) is 6.20 Å². The van der Waals surface area contributed by atoms with Gasteiger partial charge in [-0.2, -0.15) is 0 Å². The van der Waals surface area contributed by atoms with Gasteiger partial charge < -0.3 is 19.6 Å². The van der Waals surface area contributed by atoms with Crippen molar-refractivity contribution in [3.8, 4) is 11.3 Å². The molecule has 2 aliphatic rings. The lowest BCUT2D eigenvalue weighted by atomic mass is 10.0. The number of likely N-dealkylation sites (N-methyl/N-ethyl adjacent to an activating group) is 1. The summed E-state index contributed by atoms with van der Waals surface area (Å²) >= 11 is 0. The van der Waals surface area contributed by atoms with Gasteiger partial charge >= 0.3 is 0 Å². The van der Waals surface area contributed by atoms with Gasteiger partial charge in [0, 0.05) is 43.4 Å². The molecule has 1 saturated heterocycles. The molecule has 172 valence electrons. The third kappa shape index (κ3) is 4.01. The van der Waals surface area contributed by atoms with E-state index in [-0.39, 0.29) is 5.91 Å². The number of hydrogen-bond donors (Lipinski definition) is 1. The van der Waals surface area contributed by atoms with Crippen molar-refractivity contribution in [1.29, 1.82) is 0 Å². The number of benzene rings is 1. The number of pyridine rings is 2. The molecule has 6 rings (SSSR count). The third-order valence-electron chi connectivity index (χ3n) is 6.59. The molecule has 0 spiro atoms. The van der Waals surface area contributed by atoms with Crippen molar-refractivity contribution in [3.05, 3.63) is 66.0 Å². The number of hydrogen-bond acceptors (Lipinski definition) is 7. The smallest absolute Gasteiger partial charge is 0.259 e. The Kier molecular flexibility index (Phi) is 5.22. The number of rotatable bonds is 5. The van der Waals surface area contributed by atoms with Crippen LogP contribution in [-0.2, 0) is 0 Å². The maximum Gasteiger partial charge on any atom is 0.259 e. The average molecular weight is 455 g/mol. The fourth-order valence-electron chi connectivity index (χ4n) is 4.41. The Morgan fingerprint density at radius 3 is 2.56 bits per heavy atom. The zero-order valence-electron chi connectivity index (χ0n) is 19.1. The molecule has 8 heteroatoms. The van der Waals surface area contributed by atoms with Crippen LogP contribution in [0.5, 0.6) is 0 Å². The summed E-state index contributed by atoms with van der Waals surface area (Å²) in [5.74, 6) is 1.09. The summed E-state index contributed by atoms with van der Waals surface area (Å²) in [4.78, 5) is 27.3. The molecular weight excluding hydrogens is 428 g/mol. The van der Waals surface area contributed by atoms with Crippen LogP contribution in [0.25, 0.3) is 22.4 Å². The van der Waals surface area contributed by atoms with E-state index >= 15 is 0 Å². The molecule has 8 nitrogen and oxygen atoms in total. The highest BCUT2D eigenvalue weighted by molar-refractivity contribution is 6.14. The first kappa shape index (κ1) is 20.8. The van der Waals surface area contributed by atoms with E-state index in [1.165, 1.54) is 0 Å². The van der Waals surface area contributed by atoms with Crippen LogP contribution in [0.1, 0.15) is 34.8 Å². The normalized spacial score (nSPS) is 16.7. The molecule has 1 aromatic carbocycles. The Morgan fingerprint density at radius 2 is 1.85 bits per heavy atom. The summed E-state index contributed by atoms with van der Waals surface area (Å²) in [5, 5.41) is 7.92. The van der Waals surface area contributed by atoms with Gasteiger partial charge in [0.2, 0.25) is 0 Å². The van der Waals surface area contributed by atoms with Crippen molar-refractivity contribution >= 4 is 28.5 Å². The summed E-state index contributed by atoms with van der Waals surface area (Å²) < 4.78 is 5.59. The minimum atomic E-state index is -0.219. The van der Waals surface area contributed by atoms with Crippen molar-refractivity contribution < 1.29 is 9.32 Å². The van der Waals surface area contributed by atoms with Gasteiger partial charge in [-0.1, -0.05) is 35.5 Å². The van der Waals surface area contributed by atoms with Gasteiger partial charge in [-0.25, -0.2) is 9.97 Å². The van der Waals surface area contributed by atoms with Crippen LogP contribution in [0.3, 0.4) is 0 Å². The standard InChI is InChI=1S/C26H26N6O2/c1-31-11-13-32(14-12-31)22-10-9-19(16-27-22)28-25(33)20-15-21(17-7-8-17)29-26-23(20)24(30-34-26)18-5-3-2-4-6-18/h2-6,9-10,15-17H,7-8,11-14H2,1H3,(H,28,33). The van der Waals surface area contributed by atoms with Gasteiger partial charge in [0.15, 0.2) is 0 Å². The fourth-order valence-corrected chi connectivity index (χ4v) is 4.41. The fraction of sp³-hybridized carbons (Fsp3) is 0.308. The first-order valence-corrected chi connectivity index (χ1v) is 11.7. The largest absolute Gasteiger partial charge is 0.354 e. The lowest BCUT2D eigenvalue weighted by Crippen LogP contribution is -2.44. The van der Waals surface area contributed by atoms with Crippen molar-refractivity contribution in [3.63, 3.8) is 0 Å². The maximum absolute atomic E-state index is 13.5. The van der Waals surface area contributed by atoms with Crippen LogP contribution in [0.15, 0.2) is 59.3 Å². The zero-order valence-corrected chi connectivity index (χ0v) is 19.1. The van der Waals surface area contributed by atoms with Crippen LogP contribution in [0, 0.1) is 0 Å². The number of anilines is 2. The predicted molar refractivity (Wildman–Crippen MR) is 131 cm³/mol. The number of carbonyl (C=O) groups is 1. The van der Waals surface area contributed by atoms with E-state index in [0.29, 0.717) is 34.0 Å². The van der Waals surface area contributed by atoms with Crippen molar-refractivity contribution in [2.45, 2.75) is 18.8 Å². The quantitative estimate of drug-likeness (QED) is 0.484. The summed E-state index contributed by atoms with van der Waals surface area (Å²) in [6, 6.07) is 15.5. The average Bonchev–Trinajstić information content (AvgIpc) is 3.64. The Bertz CT molecular complexity index is 1320. The lowest BCUT2D eigenvalue weighted by Gasteiger charge is -2.33. The second kappa shape index (κ2) is 8.53. The molecule has 1 aliphatic heterocycles. The summed E-state index contributed by atoms with van der Waals surface area (Å²) in [6.45, 7) is 3.93. The highest BCUT2D eigenvalue weighted by atomic mass is 16.5. The van der Waals surface area contributed by atoms with Gasteiger partial charge in [0.05, 0.1) is 22.8 Å². The van der Waals surface area contributed by atoms with Gasteiger partial charge in [-0.3, -0.25) is 4.79 Å². The first-order valence-electron chi connectivity index (χ1n) is 11.7. The molecule has 1 saturated carbocycles. The molecule has 34 heavy (non-hydrogen) atoms. The number of carbonyl (C=O) groups excluding carboxylic acids is 1. The van der Waals surface area contributed by atoms with E-state index in [9.17, 15) is 4.79 Å². The molecular formula is C26H26N6O2. The molecule has 4 aromatic rings. The van der Waals surface area contributed by atoms with Gasteiger partial charge in [-0.05, 0) is 38.1 Å². The minimum Gasteiger partial charge on any atom is -0.354 e. The summed E-state index contributed by atoms with van der Waals surface area (Å²) in [6.07, 6.45) is 3.88. The molecule has 4 heterocycles. The van der Waals surface area contributed by atoms with Crippen LogP contribution in [0.4, 0.5) is 11.5 Å². The van der Waals surface area contributed by atoms with E-state index in [1.807, 2.05) is 48.5 Å². The minimum absolute atomic E-state index is 0.219. The van der Waals surface area contributed by atoms with Gasteiger partial charge in [0.25, 0.3) is 11.6 Å². The summed E-state index contributed by atoms with van der Waals surface area (Å²) in [5.41, 5.74) is 3.97. The highest BCUT2D eigenvalue weighted by Gasteiger charge is 2.29. The molecule has 0 atom stereocenters. The first-order chi connectivity index (χ1) is 16.7. The number of aromatic nitrogens is 3. The van der Waals surface area contributed by atoms with Gasteiger partial charge in [-0.15, -0.1) is 0 Å². The molecule has 0 unspecified atom stereocenters. The van der Waals surface area contributed by atoms with Gasteiger partial charge in [0.1, 0.15) is 11.5 Å². The molecule has 0 bridgehead atoms. The topological polar surface area (TPSA) is 87.4 Å². The molecule has 2 fully saturated rings. The maximum atomic E-state index is 13.5. The molecule has 1 aliphatic carbocycles. The molecule has 3 aromatic heterocycles. The monoisotopic (exact) mass is 454 g/mol. The Labute approximate surface area is 197 Å². The number of nitrogens with zero attached hydrogens (tertiary/aromatic N) is 5. The zero-order chi connectivity index (χ0) is 23.1. The SMILES string of the molecule is CN1CCN(c2ccc(NC(=O)c3cc(C4CC4)nc4onc(-c5ccccc5)c34)cn2)CC1. The number of nitrogens with one attached hydrogen (secondary N) is 1. The molecule has 1 N–H and O–H groups in total. The van der Waals surface area contributed by atoms with Crippen molar-refractivity contribution in [1.82, 2.24) is 20.0 Å². The van der Waals surface area contributed by atoms with E-state index in [0.717, 1.165) is 56.1 Å². The highest BCUT2D eigenvalue weighted by Crippen LogP contribution is 2.41. The van der Waals surface area contributed by atoms with Crippen LogP contribution in [-0.4, -0.2) is 59.2 Å². The van der Waals surface area contributed by atoms with Crippen molar-refractivity contribution in [2.75, 3.05) is 43.4 Å². The van der Waals surface area contributed by atoms with E-state index < -0.39 is 0 Å². The lowest BCUT2D eigenvalue weighted by molar-refractivity contribution is 0.102. The Balaban J connectivity index is 1.31. The third-order valence-corrected chi connectivity index (χ3v) is 6.59. The summed E-state index contributed by atoms with van der Waals surface area (Å²) in [7, 11) is 2.13. The Morgan fingerprint density at radius 1 is 1.06 bits per heavy atom. The van der Waals surface area contributed by atoms with Crippen molar-refractivity contribution in [2.24, 2.45) is 0 Å². The predicted octanol–water partition coefficient (Wildman–Crippen LogP) is 4.17. The van der Waals surface area contributed by atoms with Crippen LogP contribution in [0.2, 0.25) is 0 Å². The van der Waals surface area contributed by atoms with Crippen LogP contribution < -0.4 is 10.2 Å². The Hall–Kier alpha value is -3.78. The van der Waals surface area contributed by atoms with Crippen LogP contribution >= 0.6 is 0 Å². The second-order valence-corrected chi connectivity index (χ2v) is 9.10. The van der Waals surface area contributed by atoms with E-state index in [4.69, 9.17) is 4.52 Å². The molecule has 0 radical (unpaired) electrons.